The summed E-state index contributed by atoms with van der Waals surface area (Å²) in [6, 6.07) is 8.36. The number of hydrogen-bond acceptors (Lipinski definition) is 5. The molecule has 2 rings (SSSR count). The molecule has 0 amide bonds. The second-order valence-electron chi connectivity index (χ2n) is 4.00. The number of rotatable bonds is 4. The zero-order valence-corrected chi connectivity index (χ0v) is 11.0. The van der Waals surface area contributed by atoms with E-state index in [9.17, 15) is 9.90 Å². The maximum absolute atomic E-state index is 11.5. The van der Waals surface area contributed by atoms with Crippen molar-refractivity contribution in [1.82, 2.24) is 4.98 Å². The number of benzene rings is 1. The zero-order valence-electron chi connectivity index (χ0n) is 11.0. The first kappa shape index (κ1) is 13.6. The third kappa shape index (κ3) is 2.77. The summed E-state index contributed by atoms with van der Waals surface area (Å²) in [5, 5.41) is 13.0. The van der Waals surface area contributed by atoms with Crippen LogP contribution in [0.2, 0.25) is 0 Å². The highest BCUT2D eigenvalue weighted by molar-refractivity contribution is 5.94. The van der Waals surface area contributed by atoms with E-state index in [0.29, 0.717) is 11.5 Å². The van der Waals surface area contributed by atoms with Crippen LogP contribution in [0.25, 0.3) is 6.08 Å². The number of anilines is 2. The van der Waals surface area contributed by atoms with Gasteiger partial charge in [-0.3, -0.25) is 0 Å². The Balaban J connectivity index is 2.28. The lowest BCUT2D eigenvalue weighted by Gasteiger charge is -2.10. The summed E-state index contributed by atoms with van der Waals surface area (Å²) in [5.74, 6) is -0.219. The summed E-state index contributed by atoms with van der Waals surface area (Å²) in [6.45, 7) is 3.65. The quantitative estimate of drug-likeness (QED) is 0.660. The molecule has 0 aliphatic carbocycles. The Hall–Kier alpha value is -2.82. The molecular formula is C15H14N2O3. The van der Waals surface area contributed by atoms with Gasteiger partial charge in [0.15, 0.2) is 5.75 Å². The van der Waals surface area contributed by atoms with Gasteiger partial charge in [0.05, 0.1) is 12.8 Å². The topological polar surface area (TPSA) is 71.5 Å². The van der Waals surface area contributed by atoms with Crippen LogP contribution in [0.5, 0.6) is 5.75 Å². The molecule has 0 aliphatic rings. The van der Waals surface area contributed by atoms with E-state index in [0.717, 1.165) is 5.56 Å². The van der Waals surface area contributed by atoms with Gasteiger partial charge in [-0.1, -0.05) is 18.7 Å². The van der Waals surface area contributed by atoms with Crippen LogP contribution in [0.3, 0.4) is 0 Å². The van der Waals surface area contributed by atoms with Crippen molar-refractivity contribution >= 4 is 23.6 Å². The molecule has 0 bridgehead atoms. The molecule has 0 spiro atoms. The van der Waals surface area contributed by atoms with Gasteiger partial charge in [-0.05, 0) is 29.8 Å². The normalized spacial score (nSPS) is 9.85. The van der Waals surface area contributed by atoms with Crippen LogP contribution in [0.1, 0.15) is 15.9 Å². The van der Waals surface area contributed by atoms with E-state index in [1.807, 2.05) is 6.07 Å². The van der Waals surface area contributed by atoms with Crippen molar-refractivity contribution in [2.45, 2.75) is 0 Å². The first-order valence-electron chi connectivity index (χ1n) is 5.91. The third-order valence-electron chi connectivity index (χ3n) is 2.73. The maximum Gasteiger partial charge on any atom is 0.341 e. The van der Waals surface area contributed by atoms with Crippen LogP contribution in [0, 0.1) is 0 Å². The second-order valence-corrected chi connectivity index (χ2v) is 4.00. The number of phenols is 1. The van der Waals surface area contributed by atoms with Crippen LogP contribution in [-0.2, 0) is 4.74 Å². The molecule has 0 unspecified atom stereocenters. The van der Waals surface area contributed by atoms with E-state index in [-0.39, 0.29) is 11.3 Å². The SMILES string of the molecule is C=Cc1ccc(Nc2cccc(C(=O)OC)c2O)nc1. The number of nitrogens with one attached hydrogen (secondary N) is 1. The lowest BCUT2D eigenvalue weighted by Crippen LogP contribution is -2.03. The summed E-state index contributed by atoms with van der Waals surface area (Å²) >= 11 is 0. The first-order valence-corrected chi connectivity index (χ1v) is 5.91. The van der Waals surface area contributed by atoms with Crippen molar-refractivity contribution in [3.8, 4) is 5.75 Å². The molecule has 0 saturated carbocycles. The van der Waals surface area contributed by atoms with E-state index >= 15 is 0 Å². The minimum Gasteiger partial charge on any atom is -0.505 e. The summed E-state index contributed by atoms with van der Waals surface area (Å²) in [5.41, 5.74) is 1.37. The third-order valence-corrected chi connectivity index (χ3v) is 2.73. The predicted molar refractivity (Wildman–Crippen MR) is 77.1 cm³/mol. The minimum atomic E-state index is -0.596. The average Bonchev–Trinajstić information content (AvgIpc) is 2.49. The van der Waals surface area contributed by atoms with Gasteiger partial charge in [-0.25, -0.2) is 9.78 Å². The van der Waals surface area contributed by atoms with E-state index < -0.39 is 5.97 Å². The number of phenolic OH excluding ortho intramolecular Hbond substituents is 1. The van der Waals surface area contributed by atoms with Crippen molar-refractivity contribution in [2.24, 2.45) is 0 Å². The zero-order chi connectivity index (χ0) is 14.5. The Kier molecular flexibility index (Phi) is 4.00. The molecule has 20 heavy (non-hydrogen) atoms. The van der Waals surface area contributed by atoms with Crippen LogP contribution in [-0.4, -0.2) is 23.2 Å². The highest BCUT2D eigenvalue weighted by Gasteiger charge is 2.14. The predicted octanol–water partition coefficient (Wildman–Crippen LogP) is 2.96. The molecule has 0 fully saturated rings. The highest BCUT2D eigenvalue weighted by atomic mass is 16.5. The van der Waals surface area contributed by atoms with Gasteiger partial charge in [0.2, 0.25) is 0 Å². The van der Waals surface area contributed by atoms with Gasteiger partial charge in [-0.15, -0.1) is 0 Å². The monoisotopic (exact) mass is 270 g/mol. The average molecular weight is 270 g/mol. The molecule has 0 atom stereocenters. The first-order chi connectivity index (χ1) is 9.65. The molecular weight excluding hydrogens is 256 g/mol. The van der Waals surface area contributed by atoms with Gasteiger partial charge in [0.1, 0.15) is 11.4 Å². The van der Waals surface area contributed by atoms with Crippen molar-refractivity contribution in [1.29, 1.82) is 0 Å². The van der Waals surface area contributed by atoms with E-state index in [1.54, 1.807) is 30.5 Å². The molecule has 2 N–H and O–H groups in total. The van der Waals surface area contributed by atoms with Crippen LogP contribution >= 0.6 is 0 Å². The number of nitrogens with zero attached hydrogens (tertiary/aromatic N) is 1. The van der Waals surface area contributed by atoms with Crippen LogP contribution in [0.15, 0.2) is 43.1 Å². The summed E-state index contributed by atoms with van der Waals surface area (Å²) < 4.78 is 4.60. The molecule has 0 aliphatic heterocycles. The fourth-order valence-electron chi connectivity index (χ4n) is 1.66. The summed E-state index contributed by atoms with van der Waals surface area (Å²) in [6.07, 6.45) is 3.34. The standard InChI is InChI=1S/C15H14N2O3/c1-3-10-7-8-13(16-9-10)17-12-6-4-5-11(14(12)18)15(19)20-2/h3-9,18H,1H2,2H3,(H,16,17). The van der Waals surface area contributed by atoms with Crippen molar-refractivity contribution in [3.63, 3.8) is 0 Å². The van der Waals surface area contributed by atoms with Gasteiger partial charge in [-0.2, -0.15) is 0 Å². The van der Waals surface area contributed by atoms with Crippen LogP contribution < -0.4 is 5.32 Å². The van der Waals surface area contributed by atoms with E-state index in [4.69, 9.17) is 0 Å². The van der Waals surface area contributed by atoms with Crippen molar-refractivity contribution in [2.75, 3.05) is 12.4 Å². The Morgan fingerprint density at radius 3 is 2.80 bits per heavy atom. The lowest BCUT2D eigenvalue weighted by atomic mass is 10.1. The Bertz CT molecular complexity index is 636. The van der Waals surface area contributed by atoms with Crippen LogP contribution in [0.4, 0.5) is 11.5 Å². The van der Waals surface area contributed by atoms with Gasteiger partial charge < -0.3 is 15.2 Å². The van der Waals surface area contributed by atoms with E-state index in [2.05, 4.69) is 21.6 Å². The highest BCUT2D eigenvalue weighted by Crippen LogP contribution is 2.30. The van der Waals surface area contributed by atoms with Gasteiger partial charge in [0.25, 0.3) is 0 Å². The minimum absolute atomic E-state index is 0.0974. The number of pyridine rings is 1. The molecule has 5 nitrogen and oxygen atoms in total. The molecule has 2 aromatic rings. The number of hydrogen-bond donors (Lipinski definition) is 2. The fraction of sp³-hybridized carbons (Fsp3) is 0.0667. The Labute approximate surface area is 116 Å². The molecule has 5 heteroatoms. The number of esters is 1. The number of methoxy groups -OCH3 is 1. The smallest absolute Gasteiger partial charge is 0.341 e. The molecule has 1 heterocycles. The van der Waals surface area contributed by atoms with Crippen molar-refractivity contribution < 1.29 is 14.6 Å². The molecule has 1 aromatic carbocycles. The largest absolute Gasteiger partial charge is 0.505 e. The molecule has 0 saturated heterocycles. The summed E-state index contributed by atoms with van der Waals surface area (Å²) in [7, 11) is 1.26. The molecule has 1 aromatic heterocycles. The Morgan fingerprint density at radius 2 is 2.20 bits per heavy atom. The number of aromatic hydroxyl groups is 1. The fourth-order valence-corrected chi connectivity index (χ4v) is 1.66. The molecule has 102 valence electrons. The van der Waals surface area contributed by atoms with Gasteiger partial charge >= 0.3 is 5.97 Å². The number of ether oxygens (including phenoxy) is 1. The lowest BCUT2D eigenvalue weighted by molar-refractivity contribution is 0.0597. The number of carbonyl (C=O) groups is 1. The van der Waals surface area contributed by atoms with Crippen molar-refractivity contribution in [3.05, 3.63) is 54.2 Å². The number of carbonyl (C=O) groups excluding carboxylic acids is 1. The Morgan fingerprint density at radius 1 is 1.40 bits per heavy atom. The second kappa shape index (κ2) is 5.88. The summed E-state index contributed by atoms with van der Waals surface area (Å²) in [4.78, 5) is 15.7. The van der Waals surface area contributed by atoms with Gasteiger partial charge in [0, 0.05) is 6.20 Å². The molecule has 0 radical (unpaired) electrons. The number of aromatic nitrogens is 1. The number of para-hydroxylation sites is 1. The maximum atomic E-state index is 11.5. The van der Waals surface area contributed by atoms with E-state index in [1.165, 1.54) is 13.2 Å².